The van der Waals surface area contributed by atoms with Crippen LogP contribution in [0.5, 0.6) is 5.75 Å². The van der Waals surface area contributed by atoms with Crippen LogP contribution in [0.4, 0.5) is 0 Å². The van der Waals surface area contributed by atoms with Crippen molar-refractivity contribution >= 4 is 16.8 Å². The van der Waals surface area contributed by atoms with Gasteiger partial charge in [-0.05, 0) is 30.7 Å². The largest absolute Gasteiger partial charge is 0.492 e. The number of carbonyl (C=O) groups excluding carboxylic acids is 1. The van der Waals surface area contributed by atoms with Crippen LogP contribution in [0.2, 0.25) is 0 Å². The summed E-state index contributed by atoms with van der Waals surface area (Å²) in [5.74, 6) is 1.85. The lowest BCUT2D eigenvalue weighted by Gasteiger charge is -2.17. The quantitative estimate of drug-likeness (QED) is 0.445. The van der Waals surface area contributed by atoms with Crippen molar-refractivity contribution in [3.63, 3.8) is 0 Å². The van der Waals surface area contributed by atoms with E-state index >= 15 is 0 Å². The van der Waals surface area contributed by atoms with Crippen molar-refractivity contribution in [2.24, 2.45) is 0 Å². The molecular weight excluding hydrogens is 392 g/mol. The van der Waals surface area contributed by atoms with Crippen LogP contribution in [-0.4, -0.2) is 46.2 Å². The molecule has 0 atom stereocenters. The fourth-order valence-electron chi connectivity index (χ4n) is 3.37. The third-order valence-electron chi connectivity index (χ3n) is 5.22. The Morgan fingerprint density at radius 1 is 1.10 bits per heavy atom. The SMILES string of the molecule is Cc1ccc(OCCN(C)C(=O)CCc2nnc(Cc3c[nH]c4ccccc34)o2)cc1. The van der Waals surface area contributed by atoms with Crippen LogP contribution in [0.25, 0.3) is 10.9 Å². The number of likely N-dealkylation sites (N-methyl/N-ethyl adjacent to an activating group) is 1. The molecule has 0 bridgehead atoms. The van der Waals surface area contributed by atoms with Gasteiger partial charge in [0, 0.05) is 37.0 Å². The van der Waals surface area contributed by atoms with Crippen LogP contribution in [-0.2, 0) is 17.6 Å². The molecule has 1 N–H and O–H groups in total. The molecule has 0 spiro atoms. The Hall–Kier alpha value is -3.61. The molecule has 2 heterocycles. The number of para-hydroxylation sites is 1. The molecule has 2 aromatic heterocycles. The zero-order chi connectivity index (χ0) is 21.6. The van der Waals surface area contributed by atoms with Crippen molar-refractivity contribution in [1.82, 2.24) is 20.1 Å². The van der Waals surface area contributed by atoms with Crippen molar-refractivity contribution in [3.05, 3.63) is 77.6 Å². The highest BCUT2D eigenvalue weighted by Crippen LogP contribution is 2.20. The lowest BCUT2D eigenvalue weighted by molar-refractivity contribution is -0.130. The third-order valence-corrected chi connectivity index (χ3v) is 5.22. The summed E-state index contributed by atoms with van der Waals surface area (Å²) in [7, 11) is 1.77. The second-order valence-corrected chi connectivity index (χ2v) is 7.60. The molecule has 0 saturated carbocycles. The molecule has 31 heavy (non-hydrogen) atoms. The van der Waals surface area contributed by atoms with Gasteiger partial charge in [-0.3, -0.25) is 4.79 Å². The molecule has 0 fully saturated rings. The molecule has 0 aliphatic carbocycles. The Bertz CT molecular complexity index is 1150. The minimum Gasteiger partial charge on any atom is -0.492 e. The Morgan fingerprint density at radius 3 is 2.71 bits per heavy atom. The monoisotopic (exact) mass is 418 g/mol. The number of aromatic amines is 1. The molecule has 1 amide bonds. The molecule has 0 unspecified atom stereocenters. The summed E-state index contributed by atoms with van der Waals surface area (Å²) in [5.41, 5.74) is 3.37. The predicted octanol–water partition coefficient (Wildman–Crippen LogP) is 3.92. The average molecular weight is 418 g/mol. The van der Waals surface area contributed by atoms with Gasteiger partial charge in [0.15, 0.2) is 0 Å². The van der Waals surface area contributed by atoms with Crippen LogP contribution in [0.1, 0.15) is 29.3 Å². The van der Waals surface area contributed by atoms with Crippen LogP contribution < -0.4 is 4.74 Å². The van der Waals surface area contributed by atoms with E-state index in [4.69, 9.17) is 9.15 Å². The average Bonchev–Trinajstić information content (AvgIpc) is 3.41. The number of H-pyrrole nitrogens is 1. The summed E-state index contributed by atoms with van der Waals surface area (Å²) in [6.45, 7) is 2.99. The maximum absolute atomic E-state index is 12.4. The van der Waals surface area contributed by atoms with Gasteiger partial charge in [0.1, 0.15) is 12.4 Å². The highest BCUT2D eigenvalue weighted by Gasteiger charge is 2.14. The first-order valence-electron chi connectivity index (χ1n) is 10.4. The number of hydrogen-bond acceptors (Lipinski definition) is 5. The zero-order valence-corrected chi connectivity index (χ0v) is 17.8. The van der Waals surface area contributed by atoms with Gasteiger partial charge in [-0.15, -0.1) is 10.2 Å². The highest BCUT2D eigenvalue weighted by atomic mass is 16.5. The topological polar surface area (TPSA) is 84.2 Å². The standard InChI is InChI=1S/C24H26N4O3/c1-17-7-9-19(10-8-17)30-14-13-28(2)24(29)12-11-22-26-27-23(31-22)15-18-16-25-21-6-4-3-5-20(18)21/h3-10,16,25H,11-15H2,1-2H3. The molecule has 4 rings (SSSR count). The predicted molar refractivity (Wildman–Crippen MR) is 118 cm³/mol. The number of benzene rings is 2. The summed E-state index contributed by atoms with van der Waals surface area (Å²) in [4.78, 5) is 17.3. The number of aryl methyl sites for hydroxylation is 2. The van der Waals surface area contributed by atoms with Crippen LogP contribution >= 0.6 is 0 Å². The van der Waals surface area contributed by atoms with E-state index < -0.39 is 0 Å². The Morgan fingerprint density at radius 2 is 1.87 bits per heavy atom. The van der Waals surface area contributed by atoms with Gasteiger partial charge in [0.05, 0.1) is 13.0 Å². The fraction of sp³-hybridized carbons (Fsp3) is 0.292. The Labute approximate surface area is 181 Å². The van der Waals surface area contributed by atoms with Crippen molar-refractivity contribution in [1.29, 1.82) is 0 Å². The zero-order valence-electron chi connectivity index (χ0n) is 17.8. The molecular formula is C24H26N4O3. The normalized spacial score (nSPS) is 11.0. The molecule has 7 heteroatoms. The number of rotatable bonds is 9. The van der Waals surface area contributed by atoms with Crippen molar-refractivity contribution < 1.29 is 13.9 Å². The van der Waals surface area contributed by atoms with Crippen LogP contribution in [0.3, 0.4) is 0 Å². The minimum atomic E-state index is 0.0175. The number of nitrogens with one attached hydrogen (secondary N) is 1. The molecule has 0 saturated heterocycles. The number of amides is 1. The van der Waals surface area contributed by atoms with E-state index in [-0.39, 0.29) is 5.91 Å². The van der Waals surface area contributed by atoms with E-state index in [9.17, 15) is 4.79 Å². The number of carbonyl (C=O) groups is 1. The Balaban J connectivity index is 1.23. The van der Waals surface area contributed by atoms with E-state index in [1.165, 1.54) is 5.56 Å². The number of hydrogen-bond donors (Lipinski definition) is 1. The summed E-state index contributed by atoms with van der Waals surface area (Å²) >= 11 is 0. The van der Waals surface area contributed by atoms with Crippen molar-refractivity contribution in [2.45, 2.75) is 26.2 Å². The van der Waals surface area contributed by atoms with Crippen molar-refractivity contribution in [3.8, 4) is 5.75 Å². The smallest absolute Gasteiger partial charge is 0.222 e. The summed E-state index contributed by atoms with van der Waals surface area (Å²) in [6.07, 6.45) is 3.26. The molecule has 2 aromatic carbocycles. The molecule has 7 nitrogen and oxygen atoms in total. The maximum atomic E-state index is 12.4. The molecule has 0 radical (unpaired) electrons. The second kappa shape index (κ2) is 9.47. The lowest BCUT2D eigenvalue weighted by Crippen LogP contribution is -2.31. The van der Waals surface area contributed by atoms with Crippen molar-refractivity contribution in [2.75, 3.05) is 20.2 Å². The van der Waals surface area contributed by atoms with Gasteiger partial charge in [0.25, 0.3) is 0 Å². The van der Waals surface area contributed by atoms with Gasteiger partial charge in [-0.2, -0.15) is 0 Å². The van der Waals surface area contributed by atoms with E-state index in [1.54, 1.807) is 11.9 Å². The Kier molecular flexibility index (Phi) is 6.31. The number of aromatic nitrogens is 3. The number of nitrogens with zero attached hydrogens (tertiary/aromatic N) is 3. The summed E-state index contributed by atoms with van der Waals surface area (Å²) in [5, 5.41) is 9.37. The van der Waals surface area contributed by atoms with Gasteiger partial charge in [-0.25, -0.2) is 0 Å². The van der Waals surface area contributed by atoms with E-state index in [2.05, 4.69) is 21.2 Å². The number of ether oxygens (including phenoxy) is 1. The van der Waals surface area contributed by atoms with E-state index in [0.717, 1.165) is 22.2 Å². The molecule has 0 aliphatic heterocycles. The first-order valence-corrected chi connectivity index (χ1v) is 10.4. The highest BCUT2D eigenvalue weighted by molar-refractivity contribution is 5.83. The molecule has 4 aromatic rings. The van der Waals surface area contributed by atoms with E-state index in [0.29, 0.717) is 44.2 Å². The molecule has 160 valence electrons. The van der Waals surface area contributed by atoms with Gasteiger partial charge in [-0.1, -0.05) is 35.9 Å². The van der Waals surface area contributed by atoms with E-state index in [1.807, 2.05) is 55.6 Å². The minimum absolute atomic E-state index is 0.0175. The lowest BCUT2D eigenvalue weighted by atomic mass is 10.1. The summed E-state index contributed by atoms with van der Waals surface area (Å²) < 4.78 is 11.4. The van der Waals surface area contributed by atoms with Crippen LogP contribution in [0, 0.1) is 6.92 Å². The molecule has 0 aliphatic rings. The second-order valence-electron chi connectivity index (χ2n) is 7.60. The van der Waals surface area contributed by atoms with Crippen LogP contribution in [0.15, 0.2) is 59.1 Å². The maximum Gasteiger partial charge on any atom is 0.222 e. The van der Waals surface area contributed by atoms with Gasteiger partial charge in [0.2, 0.25) is 17.7 Å². The third kappa shape index (κ3) is 5.31. The van der Waals surface area contributed by atoms with Gasteiger partial charge >= 0.3 is 0 Å². The number of fused-ring (bicyclic) bond motifs is 1. The summed E-state index contributed by atoms with van der Waals surface area (Å²) in [6, 6.07) is 16.0. The first kappa shape index (κ1) is 20.7. The first-order chi connectivity index (χ1) is 15.1. The van der Waals surface area contributed by atoms with Gasteiger partial charge < -0.3 is 19.0 Å². The fourth-order valence-corrected chi connectivity index (χ4v) is 3.37.